The third kappa shape index (κ3) is 4.64. The first-order chi connectivity index (χ1) is 13.5. The lowest BCUT2D eigenvalue weighted by atomic mass is 10.1. The van der Waals surface area contributed by atoms with Gasteiger partial charge in [-0.15, -0.1) is 12.3 Å². The summed E-state index contributed by atoms with van der Waals surface area (Å²) >= 11 is 6.10. The van der Waals surface area contributed by atoms with Crippen LogP contribution in [0.15, 0.2) is 20.7 Å². The Hall–Kier alpha value is -1.28. The molecule has 0 spiro atoms. The van der Waals surface area contributed by atoms with Gasteiger partial charge < -0.3 is 9.94 Å². The standard InChI is InChI=1S/C19H22BrN3O3S2/c1-3-5-7-14-11-27-12-15(14)18(24)26-17-10-22(8-6-4-2)13-23(17,25)19-21-9-16(20)28-19/h2,9,11-12,17H,3,5-8,10,13H2,1H3. The van der Waals surface area contributed by atoms with Crippen LogP contribution in [0.3, 0.4) is 0 Å². The Kier molecular flexibility index (Phi) is 7.25. The molecule has 28 heavy (non-hydrogen) atoms. The molecule has 3 rings (SSSR count). The zero-order valence-electron chi connectivity index (χ0n) is 15.6. The number of rotatable bonds is 8. The van der Waals surface area contributed by atoms with Crippen molar-refractivity contribution in [1.29, 1.82) is 0 Å². The Labute approximate surface area is 181 Å². The highest BCUT2D eigenvalue weighted by Crippen LogP contribution is 2.37. The number of ether oxygens (including phenoxy) is 1. The van der Waals surface area contributed by atoms with Crippen molar-refractivity contribution in [2.24, 2.45) is 0 Å². The number of carbonyl (C=O) groups is 1. The molecule has 0 saturated carbocycles. The van der Waals surface area contributed by atoms with Gasteiger partial charge in [-0.25, -0.2) is 9.69 Å². The summed E-state index contributed by atoms with van der Waals surface area (Å²) in [6.45, 7) is 3.19. The lowest BCUT2D eigenvalue weighted by molar-refractivity contribution is 0.00557. The Morgan fingerprint density at radius 1 is 1.57 bits per heavy atom. The van der Waals surface area contributed by atoms with Crippen molar-refractivity contribution < 1.29 is 9.53 Å². The number of quaternary nitrogens is 1. The molecular formula is C19H22BrN3O3S2. The lowest BCUT2D eigenvalue weighted by Crippen LogP contribution is -2.50. The third-order valence-corrected chi connectivity index (χ3v) is 7.04. The lowest BCUT2D eigenvalue weighted by Gasteiger charge is -2.38. The molecule has 1 saturated heterocycles. The second-order valence-electron chi connectivity index (χ2n) is 6.69. The molecule has 150 valence electrons. The van der Waals surface area contributed by atoms with E-state index in [1.165, 1.54) is 22.7 Å². The van der Waals surface area contributed by atoms with Crippen LogP contribution in [-0.2, 0) is 11.2 Å². The predicted octanol–water partition coefficient (Wildman–Crippen LogP) is 4.59. The fraction of sp³-hybridized carbons (Fsp3) is 0.474. The summed E-state index contributed by atoms with van der Waals surface area (Å²) in [5.74, 6) is 2.15. The Bertz CT molecular complexity index is 863. The highest BCUT2D eigenvalue weighted by atomic mass is 79.9. The van der Waals surface area contributed by atoms with Crippen LogP contribution < -0.4 is 4.65 Å². The van der Waals surface area contributed by atoms with E-state index in [9.17, 15) is 10.0 Å². The molecule has 1 aliphatic rings. The summed E-state index contributed by atoms with van der Waals surface area (Å²) in [6, 6.07) is 0. The quantitative estimate of drug-likeness (QED) is 0.237. The molecule has 9 heteroatoms. The number of hydroxylamine groups is 2. The molecule has 1 fully saturated rings. The van der Waals surface area contributed by atoms with E-state index in [0.29, 0.717) is 30.2 Å². The first-order valence-corrected chi connectivity index (χ1v) is 11.7. The summed E-state index contributed by atoms with van der Waals surface area (Å²) in [7, 11) is 0. The highest BCUT2D eigenvalue weighted by Gasteiger charge is 2.46. The third-order valence-electron chi connectivity index (χ3n) is 4.66. The first kappa shape index (κ1) is 21.4. The second-order valence-corrected chi connectivity index (χ2v) is 9.82. The molecule has 2 aromatic heterocycles. The van der Waals surface area contributed by atoms with Gasteiger partial charge in [0.15, 0.2) is 0 Å². The van der Waals surface area contributed by atoms with Gasteiger partial charge in [-0.1, -0.05) is 13.3 Å². The molecule has 0 aliphatic carbocycles. The van der Waals surface area contributed by atoms with Crippen molar-refractivity contribution in [3.63, 3.8) is 0 Å². The normalized spacial score (nSPS) is 22.3. The molecule has 2 unspecified atom stereocenters. The van der Waals surface area contributed by atoms with E-state index in [0.717, 1.165) is 28.6 Å². The maximum Gasteiger partial charge on any atom is 0.343 e. The molecule has 3 heterocycles. The number of hydrogen-bond donors (Lipinski definition) is 0. The van der Waals surface area contributed by atoms with Crippen LogP contribution in [-0.4, -0.2) is 41.8 Å². The van der Waals surface area contributed by atoms with Crippen molar-refractivity contribution in [2.75, 3.05) is 19.8 Å². The molecule has 2 aromatic rings. The SMILES string of the molecule is C#CCCN1CC(OC(=O)c2cscc2CCCC)[N+]([O-])(c2ncc(Br)s2)C1. The predicted molar refractivity (Wildman–Crippen MR) is 117 cm³/mol. The van der Waals surface area contributed by atoms with Gasteiger partial charge in [0.25, 0.3) is 11.4 Å². The number of aryl methyl sites for hydroxylation is 1. The van der Waals surface area contributed by atoms with Gasteiger partial charge in [-0.3, -0.25) is 4.65 Å². The smallest absolute Gasteiger partial charge is 0.343 e. The summed E-state index contributed by atoms with van der Waals surface area (Å²) in [5, 5.41) is 17.8. The van der Waals surface area contributed by atoms with E-state index in [1.807, 2.05) is 10.3 Å². The van der Waals surface area contributed by atoms with E-state index in [4.69, 9.17) is 11.2 Å². The summed E-state index contributed by atoms with van der Waals surface area (Å²) in [5.41, 5.74) is 1.55. The van der Waals surface area contributed by atoms with Crippen LogP contribution in [0.5, 0.6) is 0 Å². The van der Waals surface area contributed by atoms with E-state index in [1.54, 1.807) is 11.6 Å². The van der Waals surface area contributed by atoms with E-state index >= 15 is 0 Å². The maximum absolute atomic E-state index is 13.7. The number of unbranched alkanes of at least 4 members (excludes halogenated alkanes) is 1. The molecule has 0 N–H and O–H groups in total. The van der Waals surface area contributed by atoms with Crippen LogP contribution in [0.4, 0.5) is 5.13 Å². The number of thiophene rings is 1. The number of carbonyl (C=O) groups excluding carboxylic acids is 1. The van der Waals surface area contributed by atoms with Gasteiger partial charge in [0, 0.05) is 18.3 Å². The number of nitrogens with zero attached hydrogens (tertiary/aromatic N) is 3. The summed E-state index contributed by atoms with van der Waals surface area (Å²) < 4.78 is 5.71. The van der Waals surface area contributed by atoms with Crippen molar-refractivity contribution in [1.82, 2.24) is 14.5 Å². The monoisotopic (exact) mass is 483 g/mol. The minimum atomic E-state index is -0.873. The van der Waals surface area contributed by atoms with Crippen LogP contribution in [0, 0.1) is 17.6 Å². The summed E-state index contributed by atoms with van der Waals surface area (Å²) in [4.78, 5) is 19.0. The summed E-state index contributed by atoms with van der Waals surface area (Å²) in [6.07, 6.45) is 9.52. The van der Waals surface area contributed by atoms with Gasteiger partial charge >= 0.3 is 5.97 Å². The van der Waals surface area contributed by atoms with Crippen LogP contribution in [0.1, 0.15) is 42.1 Å². The topological polar surface area (TPSA) is 65.5 Å². The number of esters is 1. The van der Waals surface area contributed by atoms with E-state index in [2.05, 4.69) is 33.8 Å². The van der Waals surface area contributed by atoms with Gasteiger partial charge in [-0.2, -0.15) is 16.3 Å². The van der Waals surface area contributed by atoms with Crippen LogP contribution in [0.25, 0.3) is 0 Å². The van der Waals surface area contributed by atoms with Gasteiger partial charge in [-0.05, 0) is 51.1 Å². The molecule has 0 bridgehead atoms. The van der Waals surface area contributed by atoms with Crippen molar-refractivity contribution in [3.8, 4) is 12.3 Å². The average molecular weight is 484 g/mol. The maximum atomic E-state index is 13.7. The van der Waals surface area contributed by atoms with Crippen molar-refractivity contribution in [2.45, 2.75) is 38.8 Å². The van der Waals surface area contributed by atoms with Crippen molar-refractivity contribution in [3.05, 3.63) is 37.1 Å². The minimum absolute atomic E-state index is 0.159. The number of hydrogen-bond acceptors (Lipinski definition) is 7. The zero-order chi connectivity index (χ0) is 20.1. The van der Waals surface area contributed by atoms with Gasteiger partial charge in [0.1, 0.15) is 6.67 Å². The van der Waals surface area contributed by atoms with E-state index < -0.39 is 16.8 Å². The molecule has 0 amide bonds. The molecular weight excluding hydrogens is 462 g/mol. The highest BCUT2D eigenvalue weighted by molar-refractivity contribution is 9.11. The second kappa shape index (κ2) is 9.48. The van der Waals surface area contributed by atoms with Crippen LogP contribution >= 0.6 is 38.6 Å². The Morgan fingerprint density at radius 3 is 3.07 bits per heavy atom. The first-order valence-electron chi connectivity index (χ1n) is 9.10. The number of terminal acetylenes is 1. The average Bonchev–Trinajstić information content (AvgIpc) is 3.38. The number of aromatic nitrogens is 1. The minimum Gasteiger partial charge on any atom is -0.622 e. The molecule has 6 nitrogen and oxygen atoms in total. The zero-order valence-corrected chi connectivity index (χ0v) is 18.8. The fourth-order valence-electron chi connectivity index (χ4n) is 3.16. The van der Waals surface area contributed by atoms with Crippen molar-refractivity contribution >= 4 is 49.7 Å². The number of halogens is 1. The van der Waals surface area contributed by atoms with Gasteiger partial charge in [0.05, 0.1) is 22.1 Å². The molecule has 1 aliphatic heterocycles. The van der Waals surface area contributed by atoms with Gasteiger partial charge in [0.2, 0.25) is 0 Å². The van der Waals surface area contributed by atoms with Crippen LogP contribution in [0.2, 0.25) is 0 Å². The van der Waals surface area contributed by atoms with E-state index in [-0.39, 0.29) is 6.67 Å². The fourth-order valence-corrected chi connectivity index (χ4v) is 5.27. The largest absolute Gasteiger partial charge is 0.622 e. The molecule has 0 radical (unpaired) electrons. The molecule has 2 atom stereocenters. The Balaban J connectivity index is 1.80. The number of thiazole rings is 1. The Morgan fingerprint density at radius 2 is 2.39 bits per heavy atom. The molecule has 0 aromatic carbocycles.